The van der Waals surface area contributed by atoms with Crippen LogP contribution >= 0.6 is 0 Å². The first-order chi connectivity index (χ1) is 10.2. The molecular formula is C15H18FN3O2. The van der Waals surface area contributed by atoms with Crippen LogP contribution < -0.4 is 5.32 Å². The van der Waals surface area contributed by atoms with Crippen molar-refractivity contribution in [2.75, 3.05) is 6.61 Å². The van der Waals surface area contributed by atoms with Crippen molar-refractivity contribution in [1.29, 1.82) is 0 Å². The van der Waals surface area contributed by atoms with Gasteiger partial charge in [0.1, 0.15) is 11.3 Å². The molecule has 1 heterocycles. The number of aliphatic hydroxyl groups excluding tert-OH is 1. The number of fused-ring (bicyclic) bond motifs is 1. The minimum absolute atomic E-state index is 0.0614. The molecule has 112 valence electrons. The molecule has 0 saturated heterocycles. The molecule has 2 atom stereocenters. The highest BCUT2D eigenvalue weighted by Gasteiger charge is 2.27. The van der Waals surface area contributed by atoms with Crippen molar-refractivity contribution in [3.8, 4) is 0 Å². The van der Waals surface area contributed by atoms with Crippen molar-refractivity contribution in [2.24, 2.45) is 5.92 Å². The average molecular weight is 291 g/mol. The molecule has 1 aromatic carbocycles. The lowest BCUT2D eigenvalue weighted by Crippen LogP contribution is -2.43. The summed E-state index contributed by atoms with van der Waals surface area (Å²) in [6, 6.07) is 2.46. The average Bonchev–Trinajstić information content (AvgIpc) is 2.94. The number of aliphatic hydroxyl groups is 1. The highest BCUT2D eigenvalue weighted by molar-refractivity contribution is 6.04. The minimum Gasteiger partial charge on any atom is -0.396 e. The molecule has 0 bridgehead atoms. The molecule has 1 aliphatic carbocycles. The van der Waals surface area contributed by atoms with Crippen LogP contribution in [0.3, 0.4) is 0 Å². The predicted molar refractivity (Wildman–Crippen MR) is 76.3 cm³/mol. The molecular weight excluding hydrogens is 273 g/mol. The number of rotatable bonds is 3. The Morgan fingerprint density at radius 3 is 3.05 bits per heavy atom. The molecule has 0 aliphatic heterocycles. The maximum Gasteiger partial charge on any atom is 0.253 e. The number of hydrogen-bond acceptors (Lipinski definition) is 3. The SMILES string of the molecule is O=C(N[C@H]1CCCC[C@@H]1CO)c1cc(F)cc2[nH]cnc12. The van der Waals surface area contributed by atoms with Gasteiger partial charge in [-0.15, -0.1) is 0 Å². The van der Waals surface area contributed by atoms with E-state index >= 15 is 0 Å². The van der Waals surface area contributed by atoms with Crippen LogP contribution in [0.4, 0.5) is 4.39 Å². The van der Waals surface area contributed by atoms with E-state index in [9.17, 15) is 14.3 Å². The van der Waals surface area contributed by atoms with E-state index in [1.54, 1.807) is 0 Å². The number of amides is 1. The van der Waals surface area contributed by atoms with Crippen LogP contribution in [0.1, 0.15) is 36.0 Å². The van der Waals surface area contributed by atoms with E-state index in [1.807, 2.05) is 0 Å². The fraction of sp³-hybridized carbons (Fsp3) is 0.467. The number of halogens is 1. The smallest absolute Gasteiger partial charge is 0.253 e. The molecule has 2 aromatic rings. The minimum atomic E-state index is -0.473. The standard InChI is InChI=1S/C15H18FN3O2/c16-10-5-11(14-13(6-10)17-8-18-14)15(21)19-12-4-2-1-3-9(12)7-20/h5-6,8-9,12,20H,1-4,7H2,(H,17,18)(H,19,21)/t9-,12+/m1/s1. The summed E-state index contributed by atoms with van der Waals surface area (Å²) in [6.45, 7) is 0.0614. The number of imidazole rings is 1. The molecule has 1 aromatic heterocycles. The van der Waals surface area contributed by atoms with Crippen molar-refractivity contribution in [2.45, 2.75) is 31.7 Å². The van der Waals surface area contributed by atoms with Gasteiger partial charge in [-0.3, -0.25) is 4.79 Å². The van der Waals surface area contributed by atoms with Crippen LogP contribution in [0.5, 0.6) is 0 Å². The molecule has 3 rings (SSSR count). The van der Waals surface area contributed by atoms with E-state index in [-0.39, 0.29) is 30.0 Å². The monoisotopic (exact) mass is 291 g/mol. The van der Waals surface area contributed by atoms with Gasteiger partial charge in [0.25, 0.3) is 5.91 Å². The van der Waals surface area contributed by atoms with E-state index in [4.69, 9.17) is 0 Å². The van der Waals surface area contributed by atoms with Gasteiger partial charge >= 0.3 is 0 Å². The Morgan fingerprint density at radius 2 is 2.24 bits per heavy atom. The van der Waals surface area contributed by atoms with E-state index in [0.717, 1.165) is 25.7 Å². The van der Waals surface area contributed by atoms with Crippen molar-refractivity contribution in [3.63, 3.8) is 0 Å². The Bertz CT molecular complexity index is 655. The van der Waals surface area contributed by atoms with Crippen molar-refractivity contribution >= 4 is 16.9 Å². The summed E-state index contributed by atoms with van der Waals surface area (Å²) in [7, 11) is 0. The highest BCUT2D eigenvalue weighted by Crippen LogP contribution is 2.25. The Hall–Kier alpha value is -1.95. The molecule has 1 saturated carbocycles. The fourth-order valence-corrected chi connectivity index (χ4v) is 3.05. The predicted octanol–water partition coefficient (Wildman–Crippen LogP) is 1.98. The van der Waals surface area contributed by atoms with Gasteiger partial charge < -0.3 is 15.4 Å². The fourth-order valence-electron chi connectivity index (χ4n) is 3.05. The third-order valence-corrected chi connectivity index (χ3v) is 4.19. The number of nitrogens with one attached hydrogen (secondary N) is 2. The summed E-state index contributed by atoms with van der Waals surface area (Å²) in [4.78, 5) is 19.3. The third-order valence-electron chi connectivity index (χ3n) is 4.19. The molecule has 21 heavy (non-hydrogen) atoms. The topological polar surface area (TPSA) is 78.0 Å². The maximum absolute atomic E-state index is 13.6. The molecule has 0 spiro atoms. The molecule has 1 fully saturated rings. The van der Waals surface area contributed by atoms with Gasteiger partial charge in [0.05, 0.1) is 17.4 Å². The second-order valence-electron chi connectivity index (χ2n) is 5.56. The van der Waals surface area contributed by atoms with Gasteiger partial charge in [0.15, 0.2) is 0 Å². The second-order valence-corrected chi connectivity index (χ2v) is 5.56. The van der Waals surface area contributed by atoms with E-state index in [1.165, 1.54) is 18.5 Å². The number of aromatic amines is 1. The largest absolute Gasteiger partial charge is 0.396 e. The number of carbonyl (C=O) groups is 1. The second kappa shape index (κ2) is 5.81. The van der Waals surface area contributed by atoms with Crippen molar-refractivity contribution in [1.82, 2.24) is 15.3 Å². The van der Waals surface area contributed by atoms with E-state index in [0.29, 0.717) is 11.0 Å². The maximum atomic E-state index is 13.6. The molecule has 0 radical (unpaired) electrons. The lowest BCUT2D eigenvalue weighted by Gasteiger charge is -2.30. The van der Waals surface area contributed by atoms with E-state index < -0.39 is 5.82 Å². The summed E-state index contributed by atoms with van der Waals surface area (Å²) in [5.74, 6) is -0.734. The Balaban J connectivity index is 1.85. The molecule has 6 heteroatoms. The third kappa shape index (κ3) is 2.76. The van der Waals surface area contributed by atoms with Crippen molar-refractivity contribution in [3.05, 3.63) is 29.8 Å². The lowest BCUT2D eigenvalue weighted by molar-refractivity contribution is 0.0873. The van der Waals surface area contributed by atoms with Crippen LogP contribution in [0, 0.1) is 11.7 Å². The van der Waals surface area contributed by atoms with Gasteiger partial charge in [-0.25, -0.2) is 9.37 Å². The van der Waals surface area contributed by atoms with Gasteiger partial charge in [-0.05, 0) is 25.0 Å². The summed E-state index contributed by atoms with van der Waals surface area (Å²) in [5, 5.41) is 12.3. The van der Waals surface area contributed by atoms with Gasteiger partial charge in [0.2, 0.25) is 0 Å². The Labute approximate surface area is 121 Å². The van der Waals surface area contributed by atoms with Crippen LogP contribution in [-0.4, -0.2) is 33.6 Å². The zero-order chi connectivity index (χ0) is 14.8. The number of H-pyrrole nitrogens is 1. The zero-order valence-electron chi connectivity index (χ0n) is 11.6. The summed E-state index contributed by atoms with van der Waals surface area (Å²) in [5.41, 5.74) is 1.20. The van der Waals surface area contributed by atoms with E-state index in [2.05, 4.69) is 15.3 Å². The number of aromatic nitrogens is 2. The number of hydrogen-bond donors (Lipinski definition) is 3. The van der Waals surface area contributed by atoms with Gasteiger partial charge in [0, 0.05) is 18.6 Å². The van der Waals surface area contributed by atoms with Crippen LogP contribution in [-0.2, 0) is 0 Å². The van der Waals surface area contributed by atoms with Crippen molar-refractivity contribution < 1.29 is 14.3 Å². The zero-order valence-corrected chi connectivity index (χ0v) is 11.6. The molecule has 0 unspecified atom stereocenters. The van der Waals surface area contributed by atoms with Gasteiger partial charge in [-0.2, -0.15) is 0 Å². The number of carbonyl (C=O) groups excluding carboxylic acids is 1. The Kier molecular flexibility index (Phi) is 3.88. The first kappa shape index (κ1) is 14.0. The van der Waals surface area contributed by atoms with Crippen LogP contribution in [0.15, 0.2) is 18.5 Å². The summed E-state index contributed by atoms with van der Waals surface area (Å²) >= 11 is 0. The quantitative estimate of drug-likeness (QED) is 0.809. The van der Waals surface area contributed by atoms with Gasteiger partial charge in [-0.1, -0.05) is 12.8 Å². The first-order valence-corrected chi connectivity index (χ1v) is 7.23. The first-order valence-electron chi connectivity index (χ1n) is 7.23. The summed E-state index contributed by atoms with van der Waals surface area (Å²) < 4.78 is 13.6. The normalized spacial score (nSPS) is 22.4. The molecule has 5 nitrogen and oxygen atoms in total. The van der Waals surface area contributed by atoms with Crippen LogP contribution in [0.25, 0.3) is 11.0 Å². The Morgan fingerprint density at radius 1 is 1.43 bits per heavy atom. The number of benzene rings is 1. The molecule has 3 N–H and O–H groups in total. The highest BCUT2D eigenvalue weighted by atomic mass is 19.1. The van der Waals surface area contributed by atoms with Crippen LogP contribution in [0.2, 0.25) is 0 Å². The molecule has 1 amide bonds. The number of nitrogens with zero attached hydrogens (tertiary/aromatic N) is 1. The summed E-state index contributed by atoms with van der Waals surface area (Å²) in [6.07, 6.45) is 5.29. The molecule has 1 aliphatic rings. The lowest BCUT2D eigenvalue weighted by atomic mass is 9.85.